The van der Waals surface area contributed by atoms with E-state index >= 15 is 0 Å². The van der Waals surface area contributed by atoms with Crippen LogP contribution in [-0.2, 0) is 0 Å². The first-order valence-electron chi connectivity index (χ1n) is 5.18. The number of fused-ring (bicyclic) bond motifs is 1. The number of benzene rings is 2. The van der Waals surface area contributed by atoms with Crippen LogP contribution in [0.4, 0.5) is 10.1 Å². The molecular weight excluding hydrogens is 237 g/mol. The van der Waals surface area contributed by atoms with Crippen LogP contribution in [0.1, 0.15) is 0 Å². The summed E-state index contributed by atoms with van der Waals surface area (Å²) in [7, 11) is 0. The predicted octanol–water partition coefficient (Wildman–Crippen LogP) is 2.74. The van der Waals surface area contributed by atoms with E-state index in [2.05, 4.69) is 14.9 Å². The summed E-state index contributed by atoms with van der Waals surface area (Å²) < 4.78 is 23.0. The lowest BCUT2D eigenvalue weighted by Gasteiger charge is -2.05. The SMILES string of the molecule is Nc1ccc(Oc2ccc(F)cc2)c2nonc12. The summed E-state index contributed by atoms with van der Waals surface area (Å²) in [5, 5.41) is 7.41. The molecule has 0 amide bonds. The molecule has 0 spiro atoms. The molecule has 0 radical (unpaired) electrons. The fourth-order valence-electron chi connectivity index (χ4n) is 1.57. The Bertz CT molecular complexity index is 694. The summed E-state index contributed by atoms with van der Waals surface area (Å²) in [6.45, 7) is 0. The molecule has 0 aliphatic carbocycles. The number of nitrogen functional groups attached to an aromatic ring is 1. The number of rotatable bonds is 2. The van der Waals surface area contributed by atoms with Gasteiger partial charge in [-0.15, -0.1) is 0 Å². The summed E-state index contributed by atoms with van der Waals surface area (Å²) in [5.74, 6) is 0.616. The molecule has 0 saturated carbocycles. The average Bonchev–Trinajstić information content (AvgIpc) is 2.86. The Morgan fingerprint density at radius 2 is 1.72 bits per heavy atom. The van der Waals surface area contributed by atoms with Crippen molar-refractivity contribution >= 4 is 16.7 Å². The fraction of sp³-hybridized carbons (Fsp3) is 0. The van der Waals surface area contributed by atoms with Gasteiger partial charge in [-0.05, 0) is 46.7 Å². The molecule has 0 atom stereocenters. The summed E-state index contributed by atoms with van der Waals surface area (Å²) in [5.41, 5.74) is 7.04. The fourth-order valence-corrected chi connectivity index (χ4v) is 1.57. The number of hydrogen-bond donors (Lipinski definition) is 1. The van der Waals surface area contributed by atoms with Crippen LogP contribution in [0.15, 0.2) is 41.0 Å². The molecule has 0 aliphatic heterocycles. The number of halogens is 1. The van der Waals surface area contributed by atoms with Crippen LogP contribution in [0, 0.1) is 5.82 Å². The maximum atomic E-state index is 12.8. The topological polar surface area (TPSA) is 74.2 Å². The van der Waals surface area contributed by atoms with Crippen molar-refractivity contribution in [1.29, 1.82) is 0 Å². The van der Waals surface area contributed by atoms with E-state index in [1.54, 1.807) is 12.1 Å². The Kier molecular flexibility index (Phi) is 2.33. The molecule has 0 saturated heterocycles. The lowest BCUT2D eigenvalue weighted by atomic mass is 10.2. The molecule has 2 aromatic carbocycles. The van der Waals surface area contributed by atoms with Crippen LogP contribution < -0.4 is 10.5 Å². The molecule has 0 unspecified atom stereocenters. The Labute approximate surface area is 101 Å². The normalized spacial score (nSPS) is 10.7. The standard InChI is InChI=1S/C12H8FN3O2/c13-7-1-3-8(4-2-7)17-10-6-5-9(14)11-12(10)16-18-15-11/h1-6H,14H2. The van der Waals surface area contributed by atoms with Gasteiger partial charge in [-0.1, -0.05) is 0 Å². The Balaban J connectivity index is 2.02. The molecule has 3 aromatic rings. The number of nitrogens with two attached hydrogens (primary N) is 1. The van der Waals surface area contributed by atoms with Gasteiger partial charge in [-0.25, -0.2) is 9.02 Å². The van der Waals surface area contributed by atoms with Gasteiger partial charge in [0.15, 0.2) is 16.8 Å². The monoisotopic (exact) mass is 245 g/mol. The number of nitrogens with zero attached hydrogens (tertiary/aromatic N) is 2. The number of aromatic nitrogens is 2. The van der Waals surface area contributed by atoms with Gasteiger partial charge in [0.1, 0.15) is 11.6 Å². The van der Waals surface area contributed by atoms with Crippen molar-refractivity contribution < 1.29 is 13.8 Å². The van der Waals surface area contributed by atoms with Crippen molar-refractivity contribution in [2.24, 2.45) is 0 Å². The van der Waals surface area contributed by atoms with Crippen LogP contribution >= 0.6 is 0 Å². The van der Waals surface area contributed by atoms with Crippen molar-refractivity contribution in [3.63, 3.8) is 0 Å². The molecule has 90 valence electrons. The van der Waals surface area contributed by atoms with E-state index in [4.69, 9.17) is 10.5 Å². The second kappa shape index (κ2) is 3.99. The van der Waals surface area contributed by atoms with Crippen molar-refractivity contribution in [1.82, 2.24) is 10.3 Å². The summed E-state index contributed by atoms with van der Waals surface area (Å²) in [4.78, 5) is 0. The first-order chi connectivity index (χ1) is 8.74. The van der Waals surface area contributed by atoms with E-state index in [0.717, 1.165) is 0 Å². The molecule has 0 fully saturated rings. The van der Waals surface area contributed by atoms with Crippen LogP contribution in [0.5, 0.6) is 11.5 Å². The van der Waals surface area contributed by atoms with E-state index < -0.39 is 0 Å². The van der Waals surface area contributed by atoms with Crippen molar-refractivity contribution in [2.75, 3.05) is 5.73 Å². The molecule has 1 heterocycles. The van der Waals surface area contributed by atoms with Gasteiger partial charge in [-0.3, -0.25) is 0 Å². The molecule has 2 N–H and O–H groups in total. The van der Waals surface area contributed by atoms with Gasteiger partial charge in [-0.2, -0.15) is 0 Å². The van der Waals surface area contributed by atoms with Gasteiger partial charge < -0.3 is 10.5 Å². The smallest absolute Gasteiger partial charge is 0.179 e. The minimum absolute atomic E-state index is 0.326. The number of anilines is 1. The Hall–Kier alpha value is -2.63. The average molecular weight is 245 g/mol. The summed E-state index contributed by atoms with van der Waals surface area (Å²) >= 11 is 0. The highest BCUT2D eigenvalue weighted by Gasteiger charge is 2.11. The highest BCUT2D eigenvalue weighted by atomic mass is 19.1. The predicted molar refractivity (Wildman–Crippen MR) is 62.7 cm³/mol. The van der Waals surface area contributed by atoms with Gasteiger partial charge in [0.05, 0.1) is 5.69 Å². The summed E-state index contributed by atoms with van der Waals surface area (Å²) in [6.07, 6.45) is 0. The zero-order valence-corrected chi connectivity index (χ0v) is 9.13. The van der Waals surface area contributed by atoms with Gasteiger partial charge in [0.2, 0.25) is 0 Å². The minimum atomic E-state index is -0.326. The molecule has 0 aliphatic rings. The zero-order chi connectivity index (χ0) is 12.5. The highest BCUT2D eigenvalue weighted by Crippen LogP contribution is 2.30. The molecule has 3 rings (SSSR count). The van der Waals surface area contributed by atoms with Crippen molar-refractivity contribution in [2.45, 2.75) is 0 Å². The van der Waals surface area contributed by atoms with Gasteiger partial charge in [0.25, 0.3) is 0 Å². The van der Waals surface area contributed by atoms with E-state index in [9.17, 15) is 4.39 Å². The van der Waals surface area contributed by atoms with E-state index in [1.165, 1.54) is 24.3 Å². The molecule has 0 bridgehead atoms. The molecule has 5 nitrogen and oxygen atoms in total. The van der Waals surface area contributed by atoms with E-state index in [-0.39, 0.29) is 5.82 Å². The Morgan fingerprint density at radius 1 is 1.00 bits per heavy atom. The molecule has 1 aromatic heterocycles. The van der Waals surface area contributed by atoms with Gasteiger partial charge in [0, 0.05) is 0 Å². The summed E-state index contributed by atoms with van der Waals surface area (Å²) in [6, 6.07) is 8.96. The largest absolute Gasteiger partial charge is 0.455 e. The number of ether oxygens (including phenoxy) is 1. The third kappa shape index (κ3) is 1.73. The maximum Gasteiger partial charge on any atom is 0.179 e. The quantitative estimate of drug-likeness (QED) is 0.702. The maximum absolute atomic E-state index is 12.8. The molecule has 6 heteroatoms. The zero-order valence-electron chi connectivity index (χ0n) is 9.13. The van der Waals surface area contributed by atoms with Crippen molar-refractivity contribution in [3.8, 4) is 11.5 Å². The van der Waals surface area contributed by atoms with E-state index in [1.807, 2.05) is 0 Å². The van der Waals surface area contributed by atoms with E-state index in [0.29, 0.717) is 28.2 Å². The third-order valence-electron chi connectivity index (χ3n) is 2.45. The lowest BCUT2D eigenvalue weighted by molar-refractivity contribution is 0.314. The lowest BCUT2D eigenvalue weighted by Crippen LogP contribution is -1.90. The molecular formula is C12H8FN3O2. The third-order valence-corrected chi connectivity index (χ3v) is 2.45. The highest BCUT2D eigenvalue weighted by molar-refractivity contribution is 5.90. The second-order valence-corrected chi connectivity index (χ2v) is 3.67. The number of hydrogen-bond acceptors (Lipinski definition) is 5. The molecule has 18 heavy (non-hydrogen) atoms. The van der Waals surface area contributed by atoms with Crippen LogP contribution in [-0.4, -0.2) is 10.3 Å². The first kappa shape index (κ1) is 10.5. The van der Waals surface area contributed by atoms with Crippen LogP contribution in [0.25, 0.3) is 11.0 Å². The van der Waals surface area contributed by atoms with Crippen LogP contribution in [0.2, 0.25) is 0 Å². The Morgan fingerprint density at radius 3 is 2.50 bits per heavy atom. The first-order valence-corrected chi connectivity index (χ1v) is 5.18. The minimum Gasteiger partial charge on any atom is -0.455 e. The van der Waals surface area contributed by atoms with Gasteiger partial charge >= 0.3 is 0 Å². The second-order valence-electron chi connectivity index (χ2n) is 3.67. The van der Waals surface area contributed by atoms with Crippen molar-refractivity contribution in [3.05, 3.63) is 42.2 Å². The van der Waals surface area contributed by atoms with Crippen LogP contribution in [0.3, 0.4) is 0 Å².